The van der Waals surface area contributed by atoms with Crippen molar-refractivity contribution in [1.82, 2.24) is 76.6 Å². The molecule has 0 radical (unpaired) electrons. The van der Waals surface area contributed by atoms with E-state index in [0.29, 0.717) is 6.54 Å². The van der Waals surface area contributed by atoms with E-state index in [4.69, 9.17) is 24.1 Å². The summed E-state index contributed by atoms with van der Waals surface area (Å²) in [5.74, 6) is 1.73. The number of para-hydroxylation sites is 1. The summed E-state index contributed by atoms with van der Waals surface area (Å²) in [6.07, 6.45) is 7.91. The minimum absolute atomic E-state index is 0. The van der Waals surface area contributed by atoms with Gasteiger partial charge in [-0.2, -0.15) is 17.5 Å². The minimum Gasteiger partial charge on any atom is -0.491 e. The third-order valence-electron chi connectivity index (χ3n) is 22.3. The van der Waals surface area contributed by atoms with E-state index >= 15 is 0 Å². The van der Waals surface area contributed by atoms with E-state index in [0.717, 1.165) is 101 Å². The van der Waals surface area contributed by atoms with Gasteiger partial charge in [-0.25, -0.2) is 19.2 Å². The Kier molecular flexibility index (Phi) is 40.3. The second kappa shape index (κ2) is 49.0. The number of aromatic nitrogens is 16. The van der Waals surface area contributed by atoms with Crippen molar-refractivity contribution in [3.8, 4) is 5.75 Å². The van der Waals surface area contributed by atoms with Crippen LogP contribution in [0.5, 0.6) is 5.75 Å². The number of ether oxygens (including phenoxy) is 1. The van der Waals surface area contributed by atoms with Gasteiger partial charge in [0.25, 0.3) is 0 Å². The number of fused-ring (bicyclic) bond motifs is 8. The summed E-state index contributed by atoms with van der Waals surface area (Å²) in [5.41, 5.74) is 25.0. The molecule has 0 aliphatic rings. The molecule has 7 aromatic carbocycles. The first kappa shape index (κ1) is 116. The number of aliphatic hydroxyl groups excluding tert-OH is 5. The lowest BCUT2D eigenvalue weighted by atomic mass is 9.86. The average molecular weight is 1960 g/mol. The number of rotatable bonds is 9. The molecule has 0 aliphatic carbocycles. The van der Waals surface area contributed by atoms with Crippen LogP contribution in [0.25, 0.3) is 72.0 Å². The van der Waals surface area contributed by atoms with Gasteiger partial charge in [-0.15, -0.1) is 10.2 Å². The highest BCUT2D eigenvalue weighted by Gasteiger charge is 2.27. The molecule has 0 amide bonds. The molecule has 28 heteroatoms. The molecule has 26 nitrogen and oxygen atoms in total. The van der Waals surface area contributed by atoms with Gasteiger partial charge in [-0.05, 0) is 208 Å². The lowest BCUT2D eigenvalue weighted by Crippen LogP contribution is -2.23. The first-order valence-corrected chi connectivity index (χ1v) is 48.6. The average Bonchev–Trinajstić information content (AvgIpc) is 1.65. The minimum atomic E-state index is -0.821. The van der Waals surface area contributed by atoms with Gasteiger partial charge in [-0.1, -0.05) is 313 Å². The molecule has 11 aromatic heterocycles. The second-order valence-corrected chi connectivity index (χ2v) is 45.9. The van der Waals surface area contributed by atoms with E-state index in [1.54, 1.807) is 6.92 Å². The molecular weight excluding hydrogens is 1800 g/mol. The summed E-state index contributed by atoms with van der Waals surface area (Å²) in [6.45, 7) is 66.7. The van der Waals surface area contributed by atoms with Crippen molar-refractivity contribution < 1.29 is 44.1 Å². The van der Waals surface area contributed by atoms with Gasteiger partial charge in [0, 0.05) is 81.7 Å². The molecule has 0 spiro atoms. The van der Waals surface area contributed by atoms with Crippen LogP contribution in [-0.4, -0.2) is 141 Å². The fourth-order valence-electron chi connectivity index (χ4n) is 14.1. The molecule has 0 saturated heterocycles. The molecule has 0 fully saturated rings. The molecule has 6 N–H and O–H groups in total. The number of aliphatic hydroxyl groups is 5. The summed E-state index contributed by atoms with van der Waals surface area (Å²) < 4.78 is 43.1. The Morgan fingerprint density at radius 1 is 0.369 bits per heavy atom. The SMILES string of the molecule is C.C.CC(C)(C)c1ccc2nonc2c1.CC(C)(C)c1ccc2nsnc2c1.CC(C)(C)c1cccc(NCC(O)CO)c1.CC(C)(C)c1cccc(OCC(O)CO)c1.CC(C)(C)c1cccc2nonc12.CC(C)(C)c1cccc2nsnc12.CC(C)(C)c1cnc2ccccn12.CC(C)(C)c1nnc2ccccn12.CC(C)(C)c1noc2ccccc12.CC(O)c1ccn2c(C(C)(C)C)cnc2c1. The van der Waals surface area contributed by atoms with Gasteiger partial charge in [-0.3, -0.25) is 4.40 Å². The van der Waals surface area contributed by atoms with Gasteiger partial charge < -0.3 is 48.9 Å². The fourth-order valence-corrected chi connectivity index (χ4v) is 15.2. The molecule has 18 aromatic rings. The number of hydrogen-bond acceptors (Lipinski definition) is 25. The Bertz CT molecular complexity index is 6420. The molecule has 18 rings (SSSR count). The summed E-state index contributed by atoms with van der Waals surface area (Å²) in [7, 11) is 0. The quantitative estimate of drug-likeness (QED) is 0.0782. The summed E-state index contributed by atoms with van der Waals surface area (Å²) >= 11 is 2.56. The van der Waals surface area contributed by atoms with E-state index < -0.39 is 18.3 Å². The number of pyridine rings is 3. The maximum Gasteiger partial charge on any atom is 0.167 e. The van der Waals surface area contributed by atoms with Crippen molar-refractivity contribution >= 4 is 101 Å². The Balaban J connectivity index is 0.000000213. The molecule has 3 atom stereocenters. The van der Waals surface area contributed by atoms with Crippen LogP contribution in [0, 0.1) is 0 Å². The fraction of sp³-hybridized carbons (Fsp3) is 0.442. The number of nitrogens with one attached hydrogen (secondary N) is 1. The third kappa shape index (κ3) is 33.5. The predicted molar refractivity (Wildman–Crippen MR) is 580 cm³/mol. The Labute approximate surface area is 842 Å². The first-order chi connectivity index (χ1) is 64.8. The third-order valence-corrected chi connectivity index (χ3v) is 23.4. The highest BCUT2D eigenvalue weighted by molar-refractivity contribution is 7.00. The van der Waals surface area contributed by atoms with Crippen molar-refractivity contribution in [2.45, 2.75) is 302 Å². The number of anilines is 1. The van der Waals surface area contributed by atoms with Crippen molar-refractivity contribution in [1.29, 1.82) is 0 Å². The topological polar surface area (TPSA) is 343 Å². The van der Waals surface area contributed by atoms with E-state index in [1.165, 1.54) is 68.2 Å². The van der Waals surface area contributed by atoms with E-state index in [-0.39, 0.29) is 88.8 Å². The zero-order valence-corrected chi connectivity index (χ0v) is 88.9. The lowest BCUT2D eigenvalue weighted by molar-refractivity contribution is 0.0535. The van der Waals surface area contributed by atoms with Crippen molar-refractivity contribution in [3.63, 3.8) is 0 Å². The van der Waals surface area contributed by atoms with Crippen LogP contribution in [0.4, 0.5) is 5.69 Å². The second-order valence-electron chi connectivity index (χ2n) is 44.8. The smallest absolute Gasteiger partial charge is 0.167 e. The molecular formula is C113H155N17O9S2. The largest absolute Gasteiger partial charge is 0.491 e. The maximum atomic E-state index is 9.51. The van der Waals surface area contributed by atoms with E-state index in [2.05, 4.69) is 345 Å². The normalized spacial score (nSPS) is 12.6. The molecule has 758 valence electrons. The Morgan fingerprint density at radius 2 is 0.851 bits per heavy atom. The van der Waals surface area contributed by atoms with Crippen LogP contribution >= 0.6 is 23.5 Å². The molecule has 11 heterocycles. The predicted octanol–water partition coefficient (Wildman–Crippen LogP) is 26.2. The Hall–Kier alpha value is -12.2. The van der Waals surface area contributed by atoms with E-state index in [9.17, 15) is 15.3 Å². The standard InChI is InChI=1S/C13H18N2O.C13H21NO2.C13H20O3.C11H14N2.C11H13NO.C10H13N3.2C10H12N2O.2C10H12N2S.2CH4/c1-9(16)10-5-6-15-11(13(2,3)4)8-14-12(15)7-10;1-13(2,3)10-5-4-6-11(7-10)14-8-12(16)9-15;1-13(2,3)10-5-4-6-12(7-10)16-9-11(15)8-14;1-11(2,3)9-8-12-10-6-4-5-7-13(9)10;1-11(2,3)10-8-6-4-5-7-9(8)13-12-10;1-10(2,3)9-12-11-8-6-4-5-7-13(8)9;1-10(2,3)7-4-5-8-9(6-7)12-13-11-8;1-10(2,3)7-5-4-6-8-9(7)12-13-11-8;1-10(2,3)7-4-5-8-9(6-7)12-13-11-8;1-10(2,3)7-5-4-6-8-9(7)12-13-11-8;;/h5-9,16H,1-4H3;4-7,12,14-16H,8-9H2,1-3H3;4-7,11,14-15H,8-9H2,1-3H3;4-8H,1-3H3;2*4-7H,1-3H3;4*4-6H,1-3H3;2*1H4. The van der Waals surface area contributed by atoms with Crippen molar-refractivity contribution in [2.24, 2.45) is 0 Å². The lowest BCUT2D eigenvalue weighted by Gasteiger charge is -2.20. The van der Waals surface area contributed by atoms with Crippen LogP contribution in [0.3, 0.4) is 0 Å². The number of hydrogen-bond donors (Lipinski definition) is 6. The van der Waals surface area contributed by atoms with Gasteiger partial charge >= 0.3 is 0 Å². The first-order valence-electron chi connectivity index (χ1n) is 47.1. The highest BCUT2D eigenvalue weighted by Crippen LogP contribution is 2.35. The summed E-state index contributed by atoms with van der Waals surface area (Å²) in [4.78, 5) is 8.73. The van der Waals surface area contributed by atoms with Crippen LogP contribution in [0.1, 0.15) is 297 Å². The van der Waals surface area contributed by atoms with Gasteiger partial charge in [0.15, 0.2) is 11.2 Å². The molecule has 3 unspecified atom stereocenters. The van der Waals surface area contributed by atoms with Crippen molar-refractivity contribution in [2.75, 3.05) is 31.7 Å². The number of benzene rings is 7. The molecule has 0 saturated carbocycles. The maximum absolute atomic E-state index is 9.51. The monoisotopic (exact) mass is 1960 g/mol. The van der Waals surface area contributed by atoms with Crippen molar-refractivity contribution in [3.05, 3.63) is 287 Å². The molecule has 141 heavy (non-hydrogen) atoms. The van der Waals surface area contributed by atoms with E-state index in [1.807, 2.05) is 175 Å². The van der Waals surface area contributed by atoms with Gasteiger partial charge in [0.1, 0.15) is 79.7 Å². The zero-order chi connectivity index (χ0) is 103. The van der Waals surface area contributed by atoms with Crippen LogP contribution in [0.2, 0.25) is 0 Å². The number of imidazole rings is 2. The summed E-state index contributed by atoms with van der Waals surface area (Å²) in [5, 5.41) is 77.2. The van der Waals surface area contributed by atoms with Crippen LogP contribution < -0.4 is 10.1 Å². The van der Waals surface area contributed by atoms with Gasteiger partial charge in [0.2, 0.25) is 0 Å². The van der Waals surface area contributed by atoms with Gasteiger partial charge in [0.05, 0.1) is 54.6 Å². The van der Waals surface area contributed by atoms with Crippen LogP contribution in [-0.2, 0) is 54.1 Å². The van der Waals surface area contributed by atoms with Crippen LogP contribution in [0.15, 0.2) is 239 Å². The highest BCUT2D eigenvalue weighted by atomic mass is 32.1. The summed E-state index contributed by atoms with van der Waals surface area (Å²) in [6, 6.07) is 64.2. The number of nitrogens with zero attached hydrogens (tertiary/aromatic N) is 16. The zero-order valence-electron chi connectivity index (χ0n) is 87.3. The molecule has 0 bridgehead atoms. The Morgan fingerprint density at radius 3 is 1.43 bits per heavy atom. The molecule has 0 aliphatic heterocycles.